The Morgan fingerprint density at radius 2 is 1.53 bits per heavy atom. The molecule has 2 heterocycles. The van der Waals surface area contributed by atoms with Crippen LogP contribution in [0.3, 0.4) is 0 Å². The maximum Gasteiger partial charge on any atom is 0.335 e. The summed E-state index contributed by atoms with van der Waals surface area (Å²) in [7, 11) is -3.59. The van der Waals surface area contributed by atoms with E-state index in [2.05, 4.69) is 0 Å². The minimum Gasteiger partial charge on any atom is -0.283 e. The third-order valence-corrected chi connectivity index (χ3v) is 9.05. The molecule has 0 atom stereocenters. The molecular formula is C22H28N4O5S. The van der Waals surface area contributed by atoms with Gasteiger partial charge in [0.25, 0.3) is 0 Å². The number of benzene rings is 1. The maximum absolute atomic E-state index is 13.1. The third-order valence-electron chi connectivity index (χ3n) is 7.15. The van der Waals surface area contributed by atoms with Crippen molar-refractivity contribution in [2.24, 2.45) is 0 Å². The molecule has 1 aromatic carbocycles. The molecule has 0 radical (unpaired) electrons. The van der Waals surface area contributed by atoms with Crippen LogP contribution in [0.1, 0.15) is 43.2 Å². The van der Waals surface area contributed by atoms with E-state index >= 15 is 0 Å². The van der Waals surface area contributed by atoms with Gasteiger partial charge in [-0.25, -0.2) is 18.1 Å². The Kier molecular flexibility index (Phi) is 5.55. The van der Waals surface area contributed by atoms with Crippen molar-refractivity contribution in [2.75, 3.05) is 32.8 Å². The second-order valence-electron chi connectivity index (χ2n) is 9.08. The summed E-state index contributed by atoms with van der Waals surface area (Å²) >= 11 is 0. The topological polar surface area (TPSA) is 98.3 Å². The van der Waals surface area contributed by atoms with Crippen LogP contribution in [-0.2, 0) is 32.5 Å². The van der Waals surface area contributed by atoms with Gasteiger partial charge in [0.15, 0.2) is 0 Å². The standard InChI is InChI=1S/C22H28N4O5S/c27-20-21(28)26(18-6-1-2-7-18)22(29)25(20)15-23-10-12-24(13-11-23)32(30,31)19-9-8-16-4-3-5-17(16)14-19/h8-9,14,18H,1-7,10-13,15H2. The number of hydrogen-bond acceptors (Lipinski definition) is 6. The molecule has 4 amide bonds. The van der Waals surface area contributed by atoms with E-state index in [-0.39, 0.29) is 25.8 Å². The lowest BCUT2D eigenvalue weighted by Gasteiger charge is -2.35. The summed E-state index contributed by atoms with van der Waals surface area (Å²) in [6, 6.07) is 4.69. The predicted molar refractivity (Wildman–Crippen MR) is 115 cm³/mol. The Balaban J connectivity index is 1.22. The highest BCUT2D eigenvalue weighted by molar-refractivity contribution is 7.89. The van der Waals surface area contributed by atoms with Gasteiger partial charge in [-0.2, -0.15) is 4.31 Å². The van der Waals surface area contributed by atoms with Crippen LogP contribution in [0.2, 0.25) is 0 Å². The van der Waals surface area contributed by atoms with Gasteiger partial charge in [0, 0.05) is 32.2 Å². The van der Waals surface area contributed by atoms with Crippen molar-refractivity contribution in [2.45, 2.75) is 55.9 Å². The number of sulfonamides is 1. The van der Waals surface area contributed by atoms with Gasteiger partial charge in [-0.05, 0) is 55.4 Å². The van der Waals surface area contributed by atoms with Crippen LogP contribution in [-0.4, -0.2) is 84.2 Å². The lowest BCUT2D eigenvalue weighted by atomic mass is 10.1. The number of carbonyl (C=O) groups is 3. The molecule has 4 aliphatic rings. The first-order chi connectivity index (χ1) is 15.4. The van der Waals surface area contributed by atoms with Crippen LogP contribution in [0, 0.1) is 0 Å². The number of fused-ring (bicyclic) bond motifs is 1. The summed E-state index contributed by atoms with van der Waals surface area (Å²) in [6.07, 6.45) is 6.39. The molecule has 2 saturated heterocycles. The first kappa shape index (κ1) is 21.5. The van der Waals surface area contributed by atoms with Crippen molar-refractivity contribution >= 4 is 27.9 Å². The van der Waals surface area contributed by atoms with Gasteiger partial charge in [0.1, 0.15) is 0 Å². The molecule has 10 heteroatoms. The van der Waals surface area contributed by atoms with Crippen molar-refractivity contribution < 1.29 is 22.8 Å². The van der Waals surface area contributed by atoms with Crippen molar-refractivity contribution in [3.63, 3.8) is 0 Å². The fraction of sp³-hybridized carbons (Fsp3) is 0.591. The van der Waals surface area contributed by atoms with E-state index in [1.165, 1.54) is 9.87 Å². The summed E-state index contributed by atoms with van der Waals surface area (Å²) in [5.41, 5.74) is 2.35. The largest absolute Gasteiger partial charge is 0.335 e. The average molecular weight is 461 g/mol. The molecule has 2 aliphatic carbocycles. The quantitative estimate of drug-likeness (QED) is 0.483. The Morgan fingerprint density at radius 1 is 0.844 bits per heavy atom. The fourth-order valence-electron chi connectivity index (χ4n) is 5.30. The number of rotatable bonds is 5. The number of urea groups is 1. The molecule has 1 aromatic rings. The number of hydrogen-bond donors (Lipinski definition) is 0. The van der Waals surface area contributed by atoms with Gasteiger partial charge >= 0.3 is 17.8 Å². The molecule has 9 nitrogen and oxygen atoms in total. The Bertz CT molecular complexity index is 1060. The van der Waals surface area contributed by atoms with Gasteiger partial charge in [0.2, 0.25) is 10.0 Å². The maximum atomic E-state index is 13.1. The minimum absolute atomic E-state index is 0.0133. The second kappa shape index (κ2) is 8.24. The highest BCUT2D eigenvalue weighted by Crippen LogP contribution is 2.29. The van der Waals surface area contributed by atoms with E-state index < -0.39 is 27.9 Å². The smallest absolute Gasteiger partial charge is 0.283 e. The first-order valence-corrected chi connectivity index (χ1v) is 12.8. The van der Waals surface area contributed by atoms with Crippen molar-refractivity contribution in [3.05, 3.63) is 29.3 Å². The van der Waals surface area contributed by atoms with Crippen molar-refractivity contribution in [1.82, 2.24) is 19.0 Å². The molecule has 0 N–H and O–H groups in total. The lowest BCUT2D eigenvalue weighted by Crippen LogP contribution is -2.52. The lowest BCUT2D eigenvalue weighted by molar-refractivity contribution is -0.144. The molecular weight excluding hydrogens is 432 g/mol. The highest BCUT2D eigenvalue weighted by Gasteiger charge is 2.48. The zero-order valence-electron chi connectivity index (χ0n) is 18.0. The molecule has 32 heavy (non-hydrogen) atoms. The Labute approximate surface area is 188 Å². The summed E-state index contributed by atoms with van der Waals surface area (Å²) in [6.45, 7) is 1.34. The number of aryl methyl sites for hydroxylation is 2. The number of piperazine rings is 1. The second-order valence-corrected chi connectivity index (χ2v) is 11.0. The van der Waals surface area contributed by atoms with Gasteiger partial charge in [0.05, 0.1) is 11.6 Å². The number of amides is 4. The monoisotopic (exact) mass is 460 g/mol. The first-order valence-electron chi connectivity index (χ1n) is 11.4. The van der Waals surface area contributed by atoms with Crippen LogP contribution in [0.25, 0.3) is 0 Å². The Morgan fingerprint density at radius 3 is 2.25 bits per heavy atom. The number of carbonyl (C=O) groups excluding carboxylic acids is 3. The summed E-state index contributed by atoms with van der Waals surface area (Å²) in [5, 5.41) is 0. The molecule has 5 rings (SSSR count). The molecule has 3 fully saturated rings. The third kappa shape index (κ3) is 3.64. The van der Waals surface area contributed by atoms with E-state index in [0.717, 1.165) is 60.3 Å². The van der Waals surface area contributed by atoms with Crippen molar-refractivity contribution in [3.8, 4) is 0 Å². The van der Waals surface area contributed by atoms with Crippen LogP contribution < -0.4 is 0 Å². The molecule has 2 aliphatic heterocycles. The van der Waals surface area contributed by atoms with E-state index in [1.807, 2.05) is 11.0 Å². The average Bonchev–Trinajstić information content (AvgIpc) is 3.52. The van der Waals surface area contributed by atoms with E-state index in [0.29, 0.717) is 18.0 Å². The fourth-order valence-corrected chi connectivity index (χ4v) is 6.77. The van der Waals surface area contributed by atoms with Gasteiger partial charge in [-0.3, -0.25) is 19.4 Å². The molecule has 0 bridgehead atoms. The van der Waals surface area contributed by atoms with Crippen LogP contribution >= 0.6 is 0 Å². The zero-order chi connectivity index (χ0) is 22.5. The van der Waals surface area contributed by atoms with Crippen LogP contribution in [0.4, 0.5) is 4.79 Å². The van der Waals surface area contributed by atoms with Gasteiger partial charge < -0.3 is 0 Å². The SMILES string of the molecule is O=C1C(=O)N(C2CCCC2)C(=O)N1CN1CCN(S(=O)(=O)c2ccc3c(c2)CCC3)CC1. The van der Waals surface area contributed by atoms with Crippen molar-refractivity contribution in [1.29, 1.82) is 0 Å². The van der Waals surface area contributed by atoms with Gasteiger partial charge in [-0.15, -0.1) is 0 Å². The molecule has 0 unspecified atom stereocenters. The molecule has 172 valence electrons. The van der Waals surface area contributed by atoms with Crippen LogP contribution in [0.5, 0.6) is 0 Å². The molecule has 0 aromatic heterocycles. The van der Waals surface area contributed by atoms with E-state index in [1.54, 1.807) is 12.1 Å². The molecule has 1 saturated carbocycles. The normalized spacial score (nSPS) is 23.6. The predicted octanol–water partition coefficient (Wildman–Crippen LogP) is 1.17. The molecule has 0 spiro atoms. The number of imide groups is 2. The Hall–Kier alpha value is -2.30. The summed E-state index contributed by atoms with van der Waals surface area (Å²) < 4.78 is 27.7. The van der Waals surface area contributed by atoms with E-state index in [9.17, 15) is 22.8 Å². The summed E-state index contributed by atoms with van der Waals surface area (Å²) in [5.74, 6) is -1.52. The van der Waals surface area contributed by atoms with Gasteiger partial charge in [-0.1, -0.05) is 18.9 Å². The zero-order valence-corrected chi connectivity index (χ0v) is 18.8. The highest BCUT2D eigenvalue weighted by atomic mass is 32.2. The van der Waals surface area contributed by atoms with E-state index in [4.69, 9.17) is 0 Å². The number of nitrogens with zero attached hydrogens (tertiary/aromatic N) is 4. The van der Waals surface area contributed by atoms with Crippen LogP contribution in [0.15, 0.2) is 23.1 Å². The summed E-state index contributed by atoms with van der Waals surface area (Å²) in [4.78, 5) is 41.9. The minimum atomic E-state index is -3.59.